The highest BCUT2D eigenvalue weighted by Gasteiger charge is 2.16. The van der Waals surface area contributed by atoms with Crippen molar-refractivity contribution in [2.45, 2.75) is 6.10 Å². The van der Waals surface area contributed by atoms with Crippen LogP contribution in [0.3, 0.4) is 0 Å². The van der Waals surface area contributed by atoms with Crippen molar-refractivity contribution in [3.8, 4) is 17.6 Å². The molecule has 0 aliphatic rings. The van der Waals surface area contributed by atoms with E-state index >= 15 is 0 Å². The number of carboxylic acids is 1. The van der Waals surface area contributed by atoms with Crippen LogP contribution in [-0.4, -0.2) is 29.3 Å². The van der Waals surface area contributed by atoms with Crippen LogP contribution in [0, 0.1) is 11.8 Å². The van der Waals surface area contributed by atoms with Crippen molar-refractivity contribution in [3.05, 3.63) is 142 Å². The highest BCUT2D eigenvalue weighted by molar-refractivity contribution is 6.31. The Morgan fingerprint density at radius 1 is 0.902 bits per heavy atom. The Morgan fingerprint density at radius 3 is 2.56 bits per heavy atom. The molecule has 0 aliphatic carbocycles. The number of para-hydroxylation sites is 1. The number of halogens is 1. The minimum atomic E-state index is -1.05. The molecule has 0 saturated heterocycles. The number of aromatic carboxylic acids is 1. The molecule has 1 aromatic heterocycles. The molecule has 0 radical (unpaired) electrons. The molecule has 1 N–H and O–H groups in total. The van der Waals surface area contributed by atoms with E-state index in [2.05, 4.69) is 16.8 Å². The number of nitrogens with zero attached hydrogens (tertiary/aromatic N) is 1. The summed E-state index contributed by atoms with van der Waals surface area (Å²) in [5.41, 5.74) is 4.46. The van der Waals surface area contributed by atoms with Gasteiger partial charge < -0.3 is 14.6 Å². The van der Waals surface area contributed by atoms with Gasteiger partial charge in [0.1, 0.15) is 30.6 Å². The van der Waals surface area contributed by atoms with Gasteiger partial charge in [-0.25, -0.2) is 9.78 Å². The molecule has 0 spiro atoms. The molecule has 1 atom stereocenters. The maximum atomic E-state index is 11.7. The number of carbonyl (C=O) groups is 1. The standard InChI is InChI=1S/C35H26ClNO4/c36-29-18-16-27-17-20-30(37-32(27)23-29)19-15-26-10-6-12-28(22-26)34(40-21-7-11-25-8-2-1-3-9-25)24-41-33-14-5-4-13-31(33)35(38)39/h1-6,8-10,12-20,22-23,34H,21,24H2,(H,38,39)/b19-15+. The number of fused-ring (bicyclic) bond motifs is 1. The van der Waals surface area contributed by atoms with E-state index in [9.17, 15) is 9.90 Å². The second-order valence-electron chi connectivity index (χ2n) is 9.16. The third kappa shape index (κ3) is 7.61. The zero-order valence-corrected chi connectivity index (χ0v) is 22.8. The van der Waals surface area contributed by atoms with Crippen molar-refractivity contribution in [2.24, 2.45) is 0 Å². The summed E-state index contributed by atoms with van der Waals surface area (Å²) in [7, 11) is 0. The van der Waals surface area contributed by atoms with Crippen molar-refractivity contribution in [1.82, 2.24) is 4.98 Å². The molecule has 4 aromatic carbocycles. The van der Waals surface area contributed by atoms with Crippen LogP contribution in [0.4, 0.5) is 0 Å². The van der Waals surface area contributed by atoms with Gasteiger partial charge in [0.05, 0.1) is 11.2 Å². The summed E-state index contributed by atoms with van der Waals surface area (Å²) in [6, 6.07) is 33.8. The summed E-state index contributed by atoms with van der Waals surface area (Å²) < 4.78 is 12.1. The van der Waals surface area contributed by atoms with Gasteiger partial charge in [-0.1, -0.05) is 90.2 Å². The second-order valence-corrected chi connectivity index (χ2v) is 9.59. The van der Waals surface area contributed by atoms with E-state index < -0.39 is 12.1 Å². The fourth-order valence-corrected chi connectivity index (χ4v) is 4.39. The first-order valence-electron chi connectivity index (χ1n) is 13.0. The Labute approximate surface area is 243 Å². The normalized spacial score (nSPS) is 11.6. The Kier molecular flexibility index (Phi) is 9.08. The van der Waals surface area contributed by atoms with E-state index in [1.54, 1.807) is 18.2 Å². The fourth-order valence-electron chi connectivity index (χ4n) is 4.22. The van der Waals surface area contributed by atoms with E-state index in [0.29, 0.717) is 5.02 Å². The van der Waals surface area contributed by atoms with Crippen molar-refractivity contribution >= 4 is 40.6 Å². The van der Waals surface area contributed by atoms with Crippen molar-refractivity contribution in [3.63, 3.8) is 0 Å². The molecule has 0 saturated carbocycles. The van der Waals surface area contributed by atoms with E-state index in [4.69, 9.17) is 21.1 Å². The fraction of sp³-hybridized carbons (Fsp3) is 0.0857. The summed E-state index contributed by atoms with van der Waals surface area (Å²) in [6.45, 7) is 0.282. The lowest BCUT2D eigenvalue weighted by atomic mass is 10.1. The second kappa shape index (κ2) is 13.5. The molecule has 6 heteroatoms. The number of aromatic nitrogens is 1. The molecule has 0 amide bonds. The molecule has 0 bridgehead atoms. The summed E-state index contributed by atoms with van der Waals surface area (Å²) in [5, 5.41) is 11.2. The number of rotatable bonds is 9. The summed E-state index contributed by atoms with van der Waals surface area (Å²) in [6.07, 6.45) is 3.44. The number of hydrogen-bond acceptors (Lipinski definition) is 4. The van der Waals surface area contributed by atoms with E-state index in [1.807, 2.05) is 97.1 Å². The molecule has 41 heavy (non-hydrogen) atoms. The molecule has 1 unspecified atom stereocenters. The van der Waals surface area contributed by atoms with Gasteiger partial charge in [-0.2, -0.15) is 0 Å². The number of benzene rings is 4. The zero-order valence-electron chi connectivity index (χ0n) is 22.0. The summed E-state index contributed by atoms with van der Waals surface area (Å²) in [5.74, 6) is 5.38. The first kappa shape index (κ1) is 27.7. The van der Waals surface area contributed by atoms with Gasteiger partial charge >= 0.3 is 5.97 Å². The zero-order chi connectivity index (χ0) is 28.4. The third-order valence-electron chi connectivity index (χ3n) is 6.28. The highest BCUT2D eigenvalue weighted by atomic mass is 35.5. The van der Waals surface area contributed by atoms with E-state index in [1.165, 1.54) is 6.07 Å². The number of carboxylic acid groups (broad SMARTS) is 1. The first-order chi connectivity index (χ1) is 20.0. The third-order valence-corrected chi connectivity index (χ3v) is 6.51. The van der Waals surface area contributed by atoms with Crippen LogP contribution in [0.25, 0.3) is 23.1 Å². The molecule has 1 heterocycles. The Morgan fingerprint density at radius 2 is 1.71 bits per heavy atom. The average Bonchev–Trinajstić information content (AvgIpc) is 3.00. The van der Waals surface area contributed by atoms with Crippen LogP contribution in [0.1, 0.15) is 38.8 Å². The maximum absolute atomic E-state index is 11.7. The van der Waals surface area contributed by atoms with Gasteiger partial charge in [0.25, 0.3) is 0 Å². The van der Waals surface area contributed by atoms with Crippen LogP contribution in [0.2, 0.25) is 5.02 Å². The molecule has 5 aromatic rings. The van der Waals surface area contributed by atoms with Gasteiger partial charge in [0.15, 0.2) is 0 Å². The molecule has 0 aliphatic heterocycles. The van der Waals surface area contributed by atoms with Crippen LogP contribution < -0.4 is 4.74 Å². The van der Waals surface area contributed by atoms with Gasteiger partial charge in [-0.15, -0.1) is 0 Å². The lowest BCUT2D eigenvalue weighted by Crippen LogP contribution is -2.16. The molecule has 5 nitrogen and oxygen atoms in total. The summed E-state index contributed by atoms with van der Waals surface area (Å²) in [4.78, 5) is 16.3. The predicted octanol–water partition coefficient (Wildman–Crippen LogP) is 7.95. The Bertz CT molecular complexity index is 1760. The van der Waals surface area contributed by atoms with Crippen LogP contribution in [-0.2, 0) is 4.74 Å². The van der Waals surface area contributed by atoms with Crippen LogP contribution in [0.15, 0.2) is 109 Å². The molecular weight excluding hydrogens is 534 g/mol. The number of ether oxygens (including phenoxy) is 2. The van der Waals surface area contributed by atoms with Crippen molar-refractivity contribution < 1.29 is 19.4 Å². The monoisotopic (exact) mass is 559 g/mol. The molecule has 202 valence electrons. The topological polar surface area (TPSA) is 68.7 Å². The van der Waals surface area contributed by atoms with Crippen molar-refractivity contribution in [1.29, 1.82) is 0 Å². The van der Waals surface area contributed by atoms with Gasteiger partial charge in [-0.05, 0) is 65.7 Å². The van der Waals surface area contributed by atoms with E-state index in [0.717, 1.165) is 33.3 Å². The van der Waals surface area contributed by atoms with Gasteiger partial charge in [0, 0.05) is 16.0 Å². The largest absolute Gasteiger partial charge is 0.490 e. The predicted molar refractivity (Wildman–Crippen MR) is 163 cm³/mol. The Balaban J connectivity index is 1.36. The minimum absolute atomic E-state index is 0.0935. The molecular formula is C35H26ClNO4. The first-order valence-corrected chi connectivity index (χ1v) is 13.4. The average molecular weight is 560 g/mol. The lowest BCUT2D eigenvalue weighted by Gasteiger charge is -2.19. The van der Waals surface area contributed by atoms with Gasteiger partial charge in [0.2, 0.25) is 0 Å². The minimum Gasteiger partial charge on any atom is -0.490 e. The van der Waals surface area contributed by atoms with Gasteiger partial charge in [-0.3, -0.25) is 0 Å². The molecule has 5 rings (SSSR count). The Hall–Kier alpha value is -4.89. The lowest BCUT2D eigenvalue weighted by molar-refractivity contribution is 0.0375. The number of hydrogen-bond donors (Lipinski definition) is 1. The van der Waals surface area contributed by atoms with Crippen molar-refractivity contribution in [2.75, 3.05) is 13.2 Å². The van der Waals surface area contributed by atoms with Crippen LogP contribution in [0.5, 0.6) is 5.75 Å². The smallest absolute Gasteiger partial charge is 0.339 e. The van der Waals surface area contributed by atoms with Crippen LogP contribution >= 0.6 is 11.6 Å². The SMILES string of the molecule is O=C(O)c1ccccc1OCC(OCC#Cc1ccccc1)c1cccc(/C=C/c2ccc3ccc(Cl)cc3n2)c1. The number of pyridine rings is 1. The van der Waals surface area contributed by atoms with E-state index in [-0.39, 0.29) is 24.5 Å². The summed E-state index contributed by atoms with van der Waals surface area (Å²) >= 11 is 6.14. The highest BCUT2D eigenvalue weighted by Crippen LogP contribution is 2.24. The molecule has 0 fully saturated rings. The maximum Gasteiger partial charge on any atom is 0.339 e. The quantitative estimate of drug-likeness (QED) is 0.186.